The molecule has 12 heteroatoms. The Morgan fingerprint density at radius 1 is 0.969 bits per heavy atom. The summed E-state index contributed by atoms with van der Waals surface area (Å²) in [6.45, 7) is 0. The second-order valence-corrected chi connectivity index (χ2v) is 7.31. The minimum absolute atomic E-state index is 0.166. The Labute approximate surface area is 182 Å². The van der Waals surface area contributed by atoms with Gasteiger partial charge in [0.05, 0.1) is 12.5 Å². The van der Waals surface area contributed by atoms with E-state index in [1.165, 1.54) is 0 Å². The van der Waals surface area contributed by atoms with Crippen molar-refractivity contribution >= 4 is 40.5 Å². The molecule has 32 heavy (non-hydrogen) atoms. The van der Waals surface area contributed by atoms with Gasteiger partial charge in [-0.15, -0.1) is 0 Å². The predicted molar refractivity (Wildman–Crippen MR) is 114 cm³/mol. The van der Waals surface area contributed by atoms with Crippen molar-refractivity contribution in [1.82, 2.24) is 15.6 Å². The molecule has 0 fully saturated rings. The van der Waals surface area contributed by atoms with Crippen LogP contribution < -0.4 is 27.8 Å². The van der Waals surface area contributed by atoms with Crippen molar-refractivity contribution in [2.75, 3.05) is 0 Å². The third-order valence-electron chi connectivity index (χ3n) is 4.78. The molecule has 2 rings (SSSR count). The number of carboxylic acids is 1. The van der Waals surface area contributed by atoms with Gasteiger partial charge in [0, 0.05) is 23.5 Å². The highest BCUT2D eigenvalue weighted by molar-refractivity contribution is 5.94. The summed E-state index contributed by atoms with van der Waals surface area (Å²) in [5.41, 5.74) is 17.8. The summed E-state index contributed by atoms with van der Waals surface area (Å²) in [7, 11) is 0. The van der Waals surface area contributed by atoms with Gasteiger partial charge in [0.1, 0.15) is 12.1 Å². The lowest BCUT2D eigenvalue weighted by molar-refractivity contribution is -0.143. The number of aromatic amines is 1. The van der Waals surface area contributed by atoms with Crippen LogP contribution in [-0.2, 0) is 30.4 Å². The Morgan fingerprint density at radius 3 is 2.25 bits per heavy atom. The Balaban J connectivity index is 2.09. The van der Waals surface area contributed by atoms with Gasteiger partial charge in [-0.3, -0.25) is 19.2 Å². The van der Waals surface area contributed by atoms with Crippen LogP contribution in [0.25, 0.3) is 10.9 Å². The van der Waals surface area contributed by atoms with E-state index in [1.807, 2.05) is 24.3 Å². The number of rotatable bonds is 12. The molecule has 0 saturated heterocycles. The molecular weight excluding hydrogens is 420 g/mol. The Hall–Kier alpha value is -3.93. The molecule has 0 radical (unpaired) electrons. The number of aliphatic carboxylic acids is 1. The van der Waals surface area contributed by atoms with Crippen molar-refractivity contribution in [3.8, 4) is 0 Å². The first kappa shape index (κ1) is 24.3. The van der Waals surface area contributed by atoms with E-state index in [2.05, 4.69) is 15.6 Å². The number of amides is 4. The fourth-order valence-corrected chi connectivity index (χ4v) is 3.14. The second-order valence-electron chi connectivity index (χ2n) is 7.31. The normalized spacial score (nSPS) is 13.7. The van der Waals surface area contributed by atoms with E-state index >= 15 is 0 Å². The van der Waals surface area contributed by atoms with E-state index in [4.69, 9.17) is 22.3 Å². The molecule has 1 heterocycles. The van der Waals surface area contributed by atoms with Crippen molar-refractivity contribution in [1.29, 1.82) is 0 Å². The number of para-hydroxylation sites is 1. The first-order valence-electron chi connectivity index (χ1n) is 9.79. The summed E-state index contributed by atoms with van der Waals surface area (Å²) >= 11 is 0. The third kappa shape index (κ3) is 6.80. The van der Waals surface area contributed by atoms with Gasteiger partial charge in [-0.05, 0) is 24.5 Å². The van der Waals surface area contributed by atoms with Crippen LogP contribution in [0.2, 0.25) is 0 Å². The molecule has 0 aliphatic carbocycles. The van der Waals surface area contributed by atoms with Gasteiger partial charge in [-0.2, -0.15) is 0 Å². The monoisotopic (exact) mass is 446 g/mol. The van der Waals surface area contributed by atoms with Gasteiger partial charge in [-0.25, -0.2) is 4.79 Å². The van der Waals surface area contributed by atoms with Crippen LogP contribution in [0.5, 0.6) is 0 Å². The average Bonchev–Trinajstić information content (AvgIpc) is 3.12. The largest absolute Gasteiger partial charge is 0.480 e. The molecule has 1 aromatic carbocycles. The lowest BCUT2D eigenvalue weighted by Crippen LogP contribution is -2.55. The molecule has 0 aliphatic heterocycles. The van der Waals surface area contributed by atoms with Crippen LogP contribution in [0.4, 0.5) is 0 Å². The molecule has 1 aromatic heterocycles. The lowest BCUT2D eigenvalue weighted by Gasteiger charge is -2.22. The van der Waals surface area contributed by atoms with Gasteiger partial charge in [0.15, 0.2) is 0 Å². The molecular formula is C20H26N6O6. The van der Waals surface area contributed by atoms with Crippen molar-refractivity contribution in [2.45, 2.75) is 43.8 Å². The quantitative estimate of drug-likeness (QED) is 0.198. The molecule has 4 amide bonds. The van der Waals surface area contributed by atoms with Crippen LogP contribution in [0, 0.1) is 0 Å². The summed E-state index contributed by atoms with van der Waals surface area (Å²) in [6, 6.07) is 3.55. The standard InChI is InChI=1S/C20H26N6O6/c21-12(7-10-9-24-13-4-2-1-3-11(10)13)18(29)25-14(5-6-16(22)27)19(30)26-15(20(31)32)8-17(23)28/h1-4,9,12,14-15,24H,5-8,21H2,(H2,22,27)(H2,23,28)(H,25,29)(H,26,30)(H,31,32). The van der Waals surface area contributed by atoms with Gasteiger partial charge in [0.2, 0.25) is 23.6 Å². The van der Waals surface area contributed by atoms with E-state index in [-0.39, 0.29) is 19.3 Å². The summed E-state index contributed by atoms with van der Waals surface area (Å²) in [4.78, 5) is 61.7. The number of aromatic nitrogens is 1. The van der Waals surface area contributed by atoms with Gasteiger partial charge >= 0.3 is 5.97 Å². The van der Waals surface area contributed by atoms with E-state index in [1.54, 1.807) is 6.20 Å². The highest BCUT2D eigenvalue weighted by Gasteiger charge is 2.29. The van der Waals surface area contributed by atoms with E-state index in [0.29, 0.717) is 0 Å². The number of benzene rings is 1. The minimum Gasteiger partial charge on any atom is -0.480 e. The number of H-pyrrole nitrogens is 1. The van der Waals surface area contributed by atoms with Crippen molar-refractivity contribution in [2.24, 2.45) is 17.2 Å². The maximum Gasteiger partial charge on any atom is 0.326 e. The number of hydrogen-bond donors (Lipinski definition) is 7. The summed E-state index contributed by atoms with van der Waals surface area (Å²) < 4.78 is 0. The Morgan fingerprint density at radius 2 is 1.62 bits per heavy atom. The third-order valence-corrected chi connectivity index (χ3v) is 4.78. The second kappa shape index (κ2) is 10.9. The average molecular weight is 446 g/mol. The minimum atomic E-state index is -1.59. The van der Waals surface area contributed by atoms with Crippen LogP contribution in [0.3, 0.4) is 0 Å². The number of hydrogen-bond acceptors (Lipinski definition) is 6. The molecule has 0 aliphatic rings. The summed E-state index contributed by atoms with van der Waals surface area (Å²) in [5.74, 6) is -4.72. The SMILES string of the molecule is NC(=O)CCC(NC(=O)C(N)Cc1c[nH]c2ccccc12)C(=O)NC(CC(N)=O)C(=O)O. The number of carbonyl (C=O) groups excluding carboxylic acids is 4. The molecule has 0 bridgehead atoms. The zero-order chi connectivity index (χ0) is 23.8. The molecule has 3 unspecified atom stereocenters. The van der Waals surface area contributed by atoms with Crippen LogP contribution in [-0.4, -0.2) is 57.8 Å². The van der Waals surface area contributed by atoms with Gasteiger partial charge < -0.3 is 37.9 Å². The number of nitrogens with two attached hydrogens (primary N) is 3. The molecule has 3 atom stereocenters. The molecule has 2 aromatic rings. The molecule has 0 saturated carbocycles. The number of carbonyl (C=O) groups is 5. The van der Waals surface area contributed by atoms with Gasteiger partial charge in [0.25, 0.3) is 0 Å². The Kier molecular flexibility index (Phi) is 8.30. The van der Waals surface area contributed by atoms with Crippen LogP contribution in [0.1, 0.15) is 24.8 Å². The zero-order valence-corrected chi connectivity index (χ0v) is 17.2. The fraction of sp³-hybridized carbons (Fsp3) is 0.350. The number of carboxylic acid groups (broad SMARTS) is 1. The number of primary amides is 2. The molecule has 10 N–H and O–H groups in total. The first-order valence-corrected chi connectivity index (χ1v) is 9.79. The van der Waals surface area contributed by atoms with Crippen LogP contribution >= 0.6 is 0 Å². The van der Waals surface area contributed by atoms with E-state index in [0.717, 1.165) is 16.5 Å². The zero-order valence-electron chi connectivity index (χ0n) is 17.2. The highest BCUT2D eigenvalue weighted by Crippen LogP contribution is 2.18. The van der Waals surface area contributed by atoms with E-state index < -0.39 is 54.1 Å². The smallest absolute Gasteiger partial charge is 0.326 e. The van der Waals surface area contributed by atoms with E-state index in [9.17, 15) is 24.0 Å². The predicted octanol–water partition coefficient (Wildman–Crippen LogP) is -1.77. The number of fused-ring (bicyclic) bond motifs is 1. The van der Waals surface area contributed by atoms with Crippen molar-refractivity contribution < 1.29 is 29.1 Å². The van der Waals surface area contributed by atoms with Crippen molar-refractivity contribution in [3.05, 3.63) is 36.0 Å². The first-order chi connectivity index (χ1) is 15.1. The molecule has 0 spiro atoms. The topological polar surface area (TPSA) is 223 Å². The highest BCUT2D eigenvalue weighted by atomic mass is 16.4. The summed E-state index contributed by atoms with van der Waals surface area (Å²) in [5, 5.41) is 14.6. The van der Waals surface area contributed by atoms with Crippen LogP contribution in [0.15, 0.2) is 30.5 Å². The number of nitrogens with one attached hydrogen (secondary N) is 3. The maximum atomic E-state index is 12.6. The summed E-state index contributed by atoms with van der Waals surface area (Å²) in [6.07, 6.45) is 0.826. The lowest BCUT2D eigenvalue weighted by atomic mass is 10.0. The molecule has 12 nitrogen and oxygen atoms in total. The van der Waals surface area contributed by atoms with Gasteiger partial charge in [-0.1, -0.05) is 18.2 Å². The maximum absolute atomic E-state index is 12.6. The Bertz CT molecular complexity index is 1020. The van der Waals surface area contributed by atoms with Crippen molar-refractivity contribution in [3.63, 3.8) is 0 Å². The molecule has 172 valence electrons. The fourth-order valence-electron chi connectivity index (χ4n) is 3.14.